The van der Waals surface area contributed by atoms with Crippen LogP contribution in [0.4, 0.5) is 0 Å². The molecule has 6 atom stereocenters. The second-order valence-corrected chi connectivity index (χ2v) is 11.1. The first-order chi connectivity index (χ1) is 10.3. The van der Waals surface area contributed by atoms with Gasteiger partial charge in [-0.25, -0.2) is 0 Å². The molecule has 2 rings (SSSR count). The largest absolute Gasteiger partial charge is 0.461 e. The molecule has 6 unspecified atom stereocenters. The van der Waals surface area contributed by atoms with E-state index in [1.807, 2.05) is 41.5 Å². The number of aliphatic hydroxyl groups is 2. The van der Waals surface area contributed by atoms with E-state index in [4.69, 9.17) is 4.74 Å². The molecule has 0 heterocycles. The predicted octanol–water partition coefficient (Wildman–Crippen LogP) is 3.32. The zero-order valence-electron chi connectivity index (χ0n) is 15.1. The zero-order valence-corrected chi connectivity index (χ0v) is 17.3. The number of hydrogen-bond acceptors (Lipinski definition) is 4. The lowest BCUT2D eigenvalue weighted by atomic mass is 9.65. The van der Waals surface area contributed by atoms with Crippen LogP contribution < -0.4 is 0 Å². The van der Waals surface area contributed by atoms with Crippen molar-refractivity contribution in [2.24, 2.45) is 23.7 Å². The SMILES string of the molecule is CCC(C)(I)C(=O)OC1CC2CC1C(C(C)(C)O)C2C(C)(C)O. The van der Waals surface area contributed by atoms with Gasteiger partial charge in [-0.2, -0.15) is 0 Å². The number of fused-ring (bicyclic) bond motifs is 2. The molecule has 134 valence electrons. The first-order valence-corrected chi connectivity index (χ1v) is 9.71. The van der Waals surface area contributed by atoms with E-state index < -0.39 is 14.6 Å². The Morgan fingerprint density at radius 3 is 2.04 bits per heavy atom. The van der Waals surface area contributed by atoms with E-state index in [1.165, 1.54) is 0 Å². The van der Waals surface area contributed by atoms with Crippen LogP contribution in [0.25, 0.3) is 0 Å². The average molecular weight is 438 g/mol. The molecule has 2 N–H and O–H groups in total. The van der Waals surface area contributed by atoms with Crippen LogP contribution in [0, 0.1) is 23.7 Å². The van der Waals surface area contributed by atoms with Crippen molar-refractivity contribution in [1.82, 2.24) is 0 Å². The van der Waals surface area contributed by atoms with Crippen LogP contribution in [0.15, 0.2) is 0 Å². The number of ether oxygens (including phenoxy) is 1. The third-order valence-corrected chi connectivity index (χ3v) is 7.13. The number of rotatable bonds is 5. The summed E-state index contributed by atoms with van der Waals surface area (Å²) >= 11 is 2.16. The maximum Gasteiger partial charge on any atom is 0.322 e. The minimum absolute atomic E-state index is 0.0413. The smallest absolute Gasteiger partial charge is 0.322 e. The van der Waals surface area contributed by atoms with Crippen molar-refractivity contribution in [2.45, 2.75) is 81.5 Å². The van der Waals surface area contributed by atoms with Gasteiger partial charge in [0, 0.05) is 5.92 Å². The van der Waals surface area contributed by atoms with Crippen LogP contribution in [0.1, 0.15) is 60.8 Å². The highest BCUT2D eigenvalue weighted by atomic mass is 127. The number of carbonyl (C=O) groups excluding carboxylic acids is 1. The summed E-state index contributed by atoms with van der Waals surface area (Å²) in [7, 11) is 0. The first kappa shape index (κ1) is 19.4. The topological polar surface area (TPSA) is 66.8 Å². The normalized spacial score (nSPS) is 36.8. The highest BCUT2D eigenvalue weighted by Gasteiger charge is 2.61. The molecule has 0 aromatic rings. The Kier molecular flexibility index (Phi) is 5.18. The summed E-state index contributed by atoms with van der Waals surface area (Å²) in [5.74, 6) is 0.258. The minimum atomic E-state index is -0.895. The molecule has 2 aliphatic carbocycles. The van der Waals surface area contributed by atoms with E-state index in [-0.39, 0.29) is 29.8 Å². The van der Waals surface area contributed by atoms with Gasteiger partial charge < -0.3 is 14.9 Å². The van der Waals surface area contributed by atoms with Crippen LogP contribution in [0.3, 0.4) is 0 Å². The summed E-state index contributed by atoms with van der Waals surface area (Å²) in [6.07, 6.45) is 2.32. The van der Waals surface area contributed by atoms with Crippen molar-refractivity contribution in [3.8, 4) is 0 Å². The molecule has 0 aromatic heterocycles. The van der Waals surface area contributed by atoms with E-state index in [2.05, 4.69) is 22.6 Å². The van der Waals surface area contributed by atoms with Crippen molar-refractivity contribution < 1.29 is 19.7 Å². The molecule has 0 aliphatic heterocycles. The summed E-state index contributed by atoms with van der Waals surface area (Å²) in [4.78, 5) is 12.4. The predicted molar refractivity (Wildman–Crippen MR) is 98.4 cm³/mol. The second-order valence-electron chi connectivity index (χ2n) is 8.75. The average Bonchev–Trinajstić information content (AvgIpc) is 2.94. The number of alkyl halides is 1. The molecule has 2 saturated carbocycles. The van der Waals surface area contributed by atoms with Gasteiger partial charge in [0.1, 0.15) is 9.53 Å². The van der Waals surface area contributed by atoms with Gasteiger partial charge in [-0.1, -0.05) is 29.5 Å². The van der Waals surface area contributed by atoms with Gasteiger partial charge in [0.2, 0.25) is 0 Å². The lowest BCUT2D eigenvalue weighted by Gasteiger charge is -2.46. The summed E-state index contributed by atoms with van der Waals surface area (Å²) in [6.45, 7) is 11.2. The minimum Gasteiger partial charge on any atom is -0.461 e. The number of halogens is 1. The van der Waals surface area contributed by atoms with Gasteiger partial charge in [0.25, 0.3) is 0 Å². The lowest BCUT2D eigenvalue weighted by molar-refractivity contribution is -0.165. The molecular weight excluding hydrogens is 407 g/mol. The van der Waals surface area contributed by atoms with Gasteiger partial charge in [-0.05, 0) is 71.6 Å². The Balaban J connectivity index is 2.20. The molecule has 5 heteroatoms. The summed E-state index contributed by atoms with van der Waals surface area (Å²) < 4.78 is 5.35. The van der Waals surface area contributed by atoms with E-state index in [0.29, 0.717) is 5.92 Å². The van der Waals surface area contributed by atoms with Gasteiger partial charge in [0.05, 0.1) is 11.2 Å². The molecular formula is C18H31IO4. The van der Waals surface area contributed by atoms with Gasteiger partial charge >= 0.3 is 5.97 Å². The Bertz CT molecular complexity index is 461. The second kappa shape index (κ2) is 6.13. The highest BCUT2D eigenvalue weighted by molar-refractivity contribution is 14.1. The summed E-state index contributed by atoms with van der Waals surface area (Å²) in [5, 5.41) is 21.3. The van der Waals surface area contributed by atoms with E-state index >= 15 is 0 Å². The van der Waals surface area contributed by atoms with Crippen molar-refractivity contribution in [3.05, 3.63) is 0 Å². The van der Waals surface area contributed by atoms with Crippen molar-refractivity contribution >= 4 is 28.6 Å². The van der Waals surface area contributed by atoms with E-state index in [9.17, 15) is 15.0 Å². The Morgan fingerprint density at radius 1 is 1.09 bits per heavy atom. The van der Waals surface area contributed by atoms with Crippen LogP contribution in [-0.4, -0.2) is 36.9 Å². The monoisotopic (exact) mass is 438 g/mol. The standard InChI is InChI=1S/C18H31IO4/c1-7-18(6,19)15(20)23-12-9-10-8-11(12)14(17(4,5)22)13(10)16(2,3)21/h10-14,21-22H,7-9H2,1-6H3. The molecule has 2 aliphatic rings. The van der Waals surface area contributed by atoms with E-state index in [1.54, 1.807) is 0 Å². The fourth-order valence-corrected chi connectivity index (χ4v) is 4.95. The zero-order chi connectivity index (χ0) is 17.8. The molecule has 23 heavy (non-hydrogen) atoms. The molecule has 0 spiro atoms. The first-order valence-electron chi connectivity index (χ1n) is 8.63. The van der Waals surface area contributed by atoms with Crippen LogP contribution >= 0.6 is 22.6 Å². The van der Waals surface area contributed by atoms with Gasteiger partial charge in [-0.15, -0.1) is 0 Å². The molecule has 2 bridgehead atoms. The number of carbonyl (C=O) groups is 1. The fourth-order valence-electron chi connectivity index (χ4n) is 4.82. The Hall–Kier alpha value is 0.120. The quantitative estimate of drug-likeness (QED) is 0.393. The van der Waals surface area contributed by atoms with Gasteiger partial charge in [-0.3, -0.25) is 4.79 Å². The maximum absolute atomic E-state index is 12.4. The number of esters is 1. The Morgan fingerprint density at radius 2 is 1.61 bits per heavy atom. The van der Waals surface area contributed by atoms with Crippen molar-refractivity contribution in [2.75, 3.05) is 0 Å². The fraction of sp³-hybridized carbons (Fsp3) is 0.944. The molecule has 0 aromatic carbocycles. The van der Waals surface area contributed by atoms with Gasteiger partial charge in [0.15, 0.2) is 0 Å². The summed E-state index contributed by atoms with van der Waals surface area (Å²) in [6, 6.07) is 0. The van der Waals surface area contributed by atoms with Crippen molar-refractivity contribution in [1.29, 1.82) is 0 Å². The Labute approximate surface area is 153 Å². The third kappa shape index (κ3) is 3.71. The molecule has 0 amide bonds. The summed E-state index contributed by atoms with van der Waals surface area (Å²) in [5.41, 5.74) is -1.73. The molecule has 4 nitrogen and oxygen atoms in total. The van der Waals surface area contributed by atoms with Crippen LogP contribution in [0.5, 0.6) is 0 Å². The van der Waals surface area contributed by atoms with E-state index in [0.717, 1.165) is 19.3 Å². The molecule has 0 radical (unpaired) electrons. The highest BCUT2D eigenvalue weighted by Crippen LogP contribution is 2.59. The maximum atomic E-state index is 12.4. The van der Waals surface area contributed by atoms with Crippen molar-refractivity contribution in [3.63, 3.8) is 0 Å². The third-order valence-electron chi connectivity index (χ3n) is 5.92. The molecule has 0 saturated heterocycles. The van der Waals surface area contributed by atoms with Crippen LogP contribution in [-0.2, 0) is 9.53 Å². The number of hydrogen-bond donors (Lipinski definition) is 2. The molecule has 2 fully saturated rings. The van der Waals surface area contributed by atoms with Crippen LogP contribution in [0.2, 0.25) is 0 Å². The lowest BCUT2D eigenvalue weighted by Crippen LogP contribution is -2.52.